The van der Waals surface area contributed by atoms with Crippen LogP contribution in [0, 0.1) is 0 Å². The van der Waals surface area contributed by atoms with Gasteiger partial charge in [0, 0.05) is 30.9 Å². The Morgan fingerprint density at radius 2 is 2.13 bits per heavy atom. The van der Waals surface area contributed by atoms with Crippen LogP contribution in [0.3, 0.4) is 0 Å². The third-order valence-corrected chi connectivity index (χ3v) is 2.93. The van der Waals surface area contributed by atoms with Crippen molar-refractivity contribution in [3.63, 3.8) is 0 Å². The normalized spacial score (nSPS) is 17.8. The van der Waals surface area contributed by atoms with Crippen LogP contribution in [0.25, 0.3) is 0 Å². The summed E-state index contributed by atoms with van der Waals surface area (Å²) in [5.74, 6) is -0.0494. The number of aromatic nitrogens is 2. The fourth-order valence-corrected chi connectivity index (χ4v) is 1.82. The highest BCUT2D eigenvalue weighted by Gasteiger charge is 2.22. The van der Waals surface area contributed by atoms with Gasteiger partial charge in [-0.2, -0.15) is 0 Å². The monoisotopic (exact) mass is 225 g/mol. The van der Waals surface area contributed by atoms with Crippen molar-refractivity contribution in [3.05, 3.63) is 24.3 Å². The van der Waals surface area contributed by atoms with E-state index in [1.165, 1.54) is 12.4 Å². The lowest BCUT2D eigenvalue weighted by atomic mass is 10.1. The van der Waals surface area contributed by atoms with Crippen molar-refractivity contribution in [2.45, 2.75) is 18.2 Å². The van der Waals surface area contributed by atoms with E-state index < -0.39 is 0 Å². The Morgan fingerprint density at radius 3 is 2.73 bits per heavy atom. The molecule has 1 fully saturated rings. The van der Waals surface area contributed by atoms with E-state index in [1.807, 2.05) is 0 Å². The summed E-state index contributed by atoms with van der Waals surface area (Å²) in [6, 6.07) is 0. The molecular formula is C10H12ClN3O. The Labute approximate surface area is 93.3 Å². The van der Waals surface area contributed by atoms with Gasteiger partial charge >= 0.3 is 0 Å². The van der Waals surface area contributed by atoms with E-state index in [1.54, 1.807) is 11.1 Å². The number of nitrogens with zero attached hydrogens (tertiary/aromatic N) is 3. The van der Waals surface area contributed by atoms with Gasteiger partial charge in [0.25, 0.3) is 5.91 Å². The van der Waals surface area contributed by atoms with E-state index in [0.717, 1.165) is 12.8 Å². The first kappa shape index (κ1) is 10.4. The molecule has 0 saturated carbocycles. The predicted molar refractivity (Wildman–Crippen MR) is 56.8 cm³/mol. The maximum absolute atomic E-state index is 11.9. The molecule has 1 amide bonds. The van der Waals surface area contributed by atoms with Gasteiger partial charge in [-0.25, -0.2) is 4.98 Å². The van der Waals surface area contributed by atoms with Crippen LogP contribution < -0.4 is 0 Å². The molecule has 1 aromatic heterocycles. The minimum absolute atomic E-state index is 0.0494. The molecule has 0 aliphatic carbocycles. The van der Waals surface area contributed by atoms with Crippen molar-refractivity contribution in [1.82, 2.24) is 14.9 Å². The number of alkyl halides is 1. The molecule has 0 bridgehead atoms. The molecule has 0 N–H and O–H groups in total. The number of likely N-dealkylation sites (tertiary alicyclic amines) is 1. The number of rotatable bonds is 1. The van der Waals surface area contributed by atoms with Crippen LogP contribution in [-0.4, -0.2) is 39.2 Å². The van der Waals surface area contributed by atoms with Gasteiger partial charge in [0.05, 0.1) is 6.20 Å². The van der Waals surface area contributed by atoms with Crippen molar-refractivity contribution in [2.24, 2.45) is 0 Å². The third-order valence-electron chi connectivity index (χ3n) is 2.49. The van der Waals surface area contributed by atoms with Gasteiger partial charge in [0.15, 0.2) is 0 Å². The molecule has 4 nitrogen and oxygen atoms in total. The molecule has 0 aromatic carbocycles. The highest BCUT2D eigenvalue weighted by atomic mass is 35.5. The van der Waals surface area contributed by atoms with Crippen LogP contribution in [0.5, 0.6) is 0 Å². The summed E-state index contributed by atoms with van der Waals surface area (Å²) in [6.07, 6.45) is 6.29. The van der Waals surface area contributed by atoms with E-state index in [2.05, 4.69) is 9.97 Å². The lowest BCUT2D eigenvalue weighted by Crippen LogP contribution is -2.39. The molecule has 1 aliphatic heterocycles. The number of hydrogen-bond donors (Lipinski definition) is 0. The number of carbonyl (C=O) groups excluding carboxylic acids is 1. The fraction of sp³-hybridized carbons (Fsp3) is 0.500. The lowest BCUT2D eigenvalue weighted by Gasteiger charge is -2.28. The molecule has 1 aromatic rings. The summed E-state index contributed by atoms with van der Waals surface area (Å²) in [7, 11) is 0. The molecule has 0 atom stereocenters. The average molecular weight is 226 g/mol. The molecule has 0 spiro atoms. The number of halogens is 1. The molecule has 0 radical (unpaired) electrons. The number of piperidine rings is 1. The molecular weight excluding hydrogens is 214 g/mol. The largest absolute Gasteiger partial charge is 0.337 e. The van der Waals surface area contributed by atoms with Crippen molar-refractivity contribution < 1.29 is 4.79 Å². The van der Waals surface area contributed by atoms with Crippen molar-refractivity contribution in [2.75, 3.05) is 13.1 Å². The smallest absolute Gasteiger partial charge is 0.274 e. The predicted octanol–water partition coefficient (Wildman–Crippen LogP) is 1.32. The topological polar surface area (TPSA) is 46.1 Å². The number of hydrogen-bond acceptors (Lipinski definition) is 3. The second-order valence-corrected chi connectivity index (χ2v) is 4.17. The first-order valence-corrected chi connectivity index (χ1v) is 5.40. The van der Waals surface area contributed by atoms with Crippen molar-refractivity contribution in [1.29, 1.82) is 0 Å². The van der Waals surface area contributed by atoms with Crippen LogP contribution in [-0.2, 0) is 0 Å². The zero-order valence-electron chi connectivity index (χ0n) is 8.27. The molecule has 15 heavy (non-hydrogen) atoms. The zero-order valence-corrected chi connectivity index (χ0v) is 9.02. The summed E-state index contributed by atoms with van der Waals surface area (Å²) < 4.78 is 0. The van der Waals surface area contributed by atoms with Crippen LogP contribution in [0.4, 0.5) is 0 Å². The quantitative estimate of drug-likeness (QED) is 0.678. The molecule has 5 heteroatoms. The van der Waals surface area contributed by atoms with Gasteiger partial charge in [0.2, 0.25) is 0 Å². The van der Waals surface area contributed by atoms with Gasteiger partial charge in [-0.3, -0.25) is 9.78 Å². The van der Waals surface area contributed by atoms with E-state index in [-0.39, 0.29) is 11.3 Å². The maximum Gasteiger partial charge on any atom is 0.274 e. The van der Waals surface area contributed by atoms with E-state index >= 15 is 0 Å². The highest BCUT2D eigenvalue weighted by Crippen LogP contribution is 2.16. The van der Waals surface area contributed by atoms with Gasteiger partial charge in [-0.1, -0.05) is 0 Å². The number of carbonyl (C=O) groups is 1. The van der Waals surface area contributed by atoms with Crippen molar-refractivity contribution >= 4 is 17.5 Å². The third kappa shape index (κ3) is 2.45. The zero-order chi connectivity index (χ0) is 10.7. The van der Waals surface area contributed by atoms with Crippen LogP contribution in [0.1, 0.15) is 23.3 Å². The average Bonchev–Trinajstić information content (AvgIpc) is 2.30. The maximum atomic E-state index is 11.9. The van der Waals surface area contributed by atoms with Gasteiger partial charge in [-0.15, -0.1) is 11.6 Å². The summed E-state index contributed by atoms with van der Waals surface area (Å²) >= 11 is 5.97. The first-order chi connectivity index (χ1) is 7.27. The summed E-state index contributed by atoms with van der Waals surface area (Å²) in [4.78, 5) is 21.5. The Hall–Kier alpha value is -1.16. The van der Waals surface area contributed by atoms with Gasteiger partial charge in [0.1, 0.15) is 5.69 Å². The summed E-state index contributed by atoms with van der Waals surface area (Å²) in [5.41, 5.74) is 0.408. The Balaban J connectivity index is 2.03. The minimum atomic E-state index is -0.0494. The second-order valence-electron chi connectivity index (χ2n) is 3.56. The SMILES string of the molecule is O=C(c1cnccn1)N1CCC(Cl)CC1. The molecule has 2 rings (SSSR count). The summed E-state index contributed by atoms with van der Waals surface area (Å²) in [5, 5.41) is 0.205. The minimum Gasteiger partial charge on any atom is -0.337 e. The fourth-order valence-electron chi connectivity index (χ4n) is 1.62. The molecule has 1 aliphatic rings. The Bertz CT molecular complexity index is 336. The first-order valence-electron chi connectivity index (χ1n) is 4.97. The van der Waals surface area contributed by atoms with Crippen molar-refractivity contribution in [3.8, 4) is 0 Å². The number of amides is 1. The standard InChI is InChI=1S/C10H12ClN3O/c11-8-1-5-14(6-2-8)10(15)9-7-12-3-4-13-9/h3-4,7-8H,1-2,5-6H2. The van der Waals surface area contributed by atoms with Crippen LogP contribution in [0.15, 0.2) is 18.6 Å². The van der Waals surface area contributed by atoms with E-state index in [0.29, 0.717) is 18.8 Å². The highest BCUT2D eigenvalue weighted by molar-refractivity contribution is 6.20. The summed E-state index contributed by atoms with van der Waals surface area (Å²) in [6.45, 7) is 1.42. The second kappa shape index (κ2) is 4.57. The molecule has 2 heterocycles. The molecule has 80 valence electrons. The van der Waals surface area contributed by atoms with Crippen LogP contribution in [0.2, 0.25) is 0 Å². The Morgan fingerprint density at radius 1 is 1.40 bits per heavy atom. The van der Waals surface area contributed by atoms with Gasteiger partial charge < -0.3 is 4.90 Å². The van der Waals surface area contributed by atoms with E-state index in [4.69, 9.17) is 11.6 Å². The lowest BCUT2D eigenvalue weighted by molar-refractivity contribution is 0.0720. The van der Waals surface area contributed by atoms with Crippen LogP contribution >= 0.6 is 11.6 Å². The van der Waals surface area contributed by atoms with Gasteiger partial charge in [-0.05, 0) is 12.8 Å². The Kier molecular flexibility index (Phi) is 3.16. The van der Waals surface area contributed by atoms with E-state index in [9.17, 15) is 4.79 Å². The molecule has 1 saturated heterocycles. The molecule has 0 unspecified atom stereocenters.